The van der Waals surface area contributed by atoms with Crippen LogP contribution in [0, 0.1) is 13.8 Å². The highest BCUT2D eigenvalue weighted by molar-refractivity contribution is 6.32. The lowest BCUT2D eigenvalue weighted by Gasteiger charge is -2.09. The van der Waals surface area contributed by atoms with E-state index >= 15 is 0 Å². The predicted molar refractivity (Wildman–Crippen MR) is 105 cm³/mol. The zero-order chi connectivity index (χ0) is 21.0. The maximum atomic E-state index is 12.3. The molecule has 0 aliphatic rings. The van der Waals surface area contributed by atoms with Gasteiger partial charge in [0, 0.05) is 5.69 Å². The minimum atomic E-state index is -2.99. The molecule has 1 amide bonds. The number of alkyl halides is 2. The molecule has 0 aliphatic heterocycles. The Labute approximate surface area is 171 Å². The number of ether oxygens (including phenoxy) is 2. The number of hydrogen-bond donors (Lipinski definition) is 1. The van der Waals surface area contributed by atoms with Gasteiger partial charge in [-0.25, -0.2) is 0 Å². The number of nitrogens with one attached hydrogen (secondary N) is 1. The number of anilines is 1. The lowest BCUT2D eigenvalue weighted by atomic mass is 10.1. The standard InChI is InChI=1S/C21H18ClF2NO4/c1-12-3-5-15(9-13(12)2)27-11-16-6-8-19(28-16)20(26)25-14-4-7-18(17(22)10-14)29-21(23)24/h3-10,21H,11H2,1-2H3,(H,25,26). The number of benzene rings is 2. The Kier molecular flexibility index (Phi) is 6.39. The second-order valence-corrected chi connectivity index (χ2v) is 6.69. The molecule has 1 aromatic heterocycles. The van der Waals surface area contributed by atoms with Crippen molar-refractivity contribution in [3.63, 3.8) is 0 Å². The number of carbonyl (C=O) groups is 1. The number of carbonyl (C=O) groups excluding carboxylic acids is 1. The number of halogens is 3. The van der Waals surface area contributed by atoms with Gasteiger partial charge in [0.15, 0.2) is 5.76 Å². The van der Waals surface area contributed by atoms with Gasteiger partial charge < -0.3 is 19.2 Å². The van der Waals surface area contributed by atoms with Crippen molar-refractivity contribution in [2.24, 2.45) is 0 Å². The van der Waals surface area contributed by atoms with Gasteiger partial charge in [0.25, 0.3) is 5.91 Å². The topological polar surface area (TPSA) is 60.7 Å². The van der Waals surface area contributed by atoms with Crippen LogP contribution in [0.3, 0.4) is 0 Å². The quantitative estimate of drug-likeness (QED) is 0.509. The van der Waals surface area contributed by atoms with Gasteiger partial charge in [-0.05, 0) is 67.4 Å². The first kappa shape index (κ1) is 20.7. The van der Waals surface area contributed by atoms with Crippen molar-refractivity contribution in [3.8, 4) is 11.5 Å². The SMILES string of the molecule is Cc1ccc(OCc2ccc(C(=O)Nc3ccc(OC(F)F)c(Cl)c3)o2)cc1C. The first-order valence-corrected chi connectivity index (χ1v) is 9.04. The van der Waals surface area contributed by atoms with Crippen molar-refractivity contribution in [2.45, 2.75) is 27.1 Å². The summed E-state index contributed by atoms with van der Waals surface area (Å²) in [7, 11) is 0. The van der Waals surface area contributed by atoms with Crippen molar-refractivity contribution in [3.05, 3.63) is 76.2 Å². The molecule has 3 rings (SSSR count). The van der Waals surface area contributed by atoms with Crippen molar-refractivity contribution in [1.29, 1.82) is 0 Å². The maximum Gasteiger partial charge on any atom is 0.387 e. The minimum absolute atomic E-state index is 0.0509. The zero-order valence-corrected chi connectivity index (χ0v) is 16.4. The molecule has 29 heavy (non-hydrogen) atoms. The van der Waals surface area contributed by atoms with Crippen LogP contribution in [0.2, 0.25) is 5.02 Å². The molecule has 0 saturated carbocycles. The van der Waals surface area contributed by atoms with E-state index in [0.29, 0.717) is 17.2 Å². The fourth-order valence-corrected chi connectivity index (χ4v) is 2.72. The largest absolute Gasteiger partial charge is 0.486 e. The Hall–Kier alpha value is -3.06. The van der Waals surface area contributed by atoms with Gasteiger partial charge in [-0.1, -0.05) is 17.7 Å². The van der Waals surface area contributed by atoms with Crippen molar-refractivity contribution in [1.82, 2.24) is 0 Å². The van der Waals surface area contributed by atoms with Gasteiger partial charge in [-0.2, -0.15) is 8.78 Å². The molecule has 152 valence electrons. The third kappa shape index (κ3) is 5.48. The van der Waals surface area contributed by atoms with Crippen LogP contribution in [-0.4, -0.2) is 12.5 Å². The summed E-state index contributed by atoms with van der Waals surface area (Å²) in [5, 5.41) is 2.53. The van der Waals surface area contributed by atoms with E-state index in [2.05, 4.69) is 10.1 Å². The van der Waals surface area contributed by atoms with E-state index in [1.165, 1.54) is 29.8 Å². The Morgan fingerprint density at radius 1 is 1.10 bits per heavy atom. The maximum absolute atomic E-state index is 12.3. The molecule has 0 bridgehead atoms. The minimum Gasteiger partial charge on any atom is -0.486 e. The number of hydrogen-bond acceptors (Lipinski definition) is 4. The monoisotopic (exact) mass is 421 g/mol. The van der Waals surface area contributed by atoms with Gasteiger partial charge in [-0.3, -0.25) is 4.79 Å². The summed E-state index contributed by atoms with van der Waals surface area (Å²) in [5.41, 5.74) is 2.60. The predicted octanol–water partition coefficient (Wildman–Crippen LogP) is 5.98. The molecule has 0 radical (unpaired) electrons. The van der Waals surface area contributed by atoms with Gasteiger partial charge in [-0.15, -0.1) is 0 Å². The van der Waals surface area contributed by atoms with E-state index < -0.39 is 12.5 Å². The molecule has 0 saturated heterocycles. The summed E-state index contributed by atoms with van der Waals surface area (Å²) in [6, 6.07) is 12.9. The van der Waals surface area contributed by atoms with E-state index in [-0.39, 0.29) is 23.1 Å². The van der Waals surface area contributed by atoms with Gasteiger partial charge in [0.2, 0.25) is 0 Å². The summed E-state index contributed by atoms with van der Waals surface area (Å²) in [5.74, 6) is 0.570. The summed E-state index contributed by atoms with van der Waals surface area (Å²) >= 11 is 5.88. The molecule has 0 aliphatic carbocycles. The first-order valence-electron chi connectivity index (χ1n) is 8.66. The summed E-state index contributed by atoms with van der Waals surface area (Å²) in [6.45, 7) is 1.20. The third-order valence-electron chi connectivity index (χ3n) is 4.15. The number of rotatable bonds is 7. The second-order valence-electron chi connectivity index (χ2n) is 6.28. The highest BCUT2D eigenvalue weighted by Crippen LogP contribution is 2.29. The molecular formula is C21H18ClF2NO4. The van der Waals surface area contributed by atoms with Crippen LogP contribution in [0.1, 0.15) is 27.4 Å². The molecule has 8 heteroatoms. The molecule has 0 atom stereocenters. The van der Waals surface area contributed by atoms with Crippen molar-refractivity contribution in [2.75, 3.05) is 5.32 Å². The van der Waals surface area contributed by atoms with Crippen LogP contribution in [0.25, 0.3) is 0 Å². The van der Waals surface area contributed by atoms with Crippen molar-refractivity contribution < 1.29 is 27.5 Å². The van der Waals surface area contributed by atoms with Gasteiger partial charge >= 0.3 is 6.61 Å². The molecule has 0 unspecified atom stereocenters. The average Bonchev–Trinajstić information content (AvgIpc) is 3.14. The highest BCUT2D eigenvalue weighted by Gasteiger charge is 2.14. The van der Waals surface area contributed by atoms with Crippen LogP contribution in [-0.2, 0) is 6.61 Å². The van der Waals surface area contributed by atoms with E-state index in [1.807, 2.05) is 32.0 Å². The summed E-state index contributed by atoms with van der Waals surface area (Å²) < 4.78 is 40.0. The zero-order valence-electron chi connectivity index (χ0n) is 15.7. The van der Waals surface area contributed by atoms with Crippen LogP contribution in [0.15, 0.2) is 52.9 Å². The Balaban J connectivity index is 1.60. The van der Waals surface area contributed by atoms with Crippen molar-refractivity contribution >= 4 is 23.2 Å². The van der Waals surface area contributed by atoms with Crippen LogP contribution >= 0.6 is 11.6 Å². The highest BCUT2D eigenvalue weighted by atomic mass is 35.5. The van der Waals surface area contributed by atoms with Gasteiger partial charge in [0.05, 0.1) is 5.02 Å². The molecular weight excluding hydrogens is 404 g/mol. The summed E-state index contributed by atoms with van der Waals surface area (Å²) in [4.78, 5) is 12.3. The van der Waals surface area contributed by atoms with E-state index in [9.17, 15) is 13.6 Å². The first-order chi connectivity index (χ1) is 13.8. The second kappa shape index (κ2) is 8.96. The number of aryl methyl sites for hydroxylation is 2. The molecule has 1 N–H and O–H groups in total. The molecule has 0 spiro atoms. The van der Waals surface area contributed by atoms with Crippen LogP contribution in [0.5, 0.6) is 11.5 Å². The fraction of sp³-hybridized carbons (Fsp3) is 0.190. The molecule has 1 heterocycles. The average molecular weight is 422 g/mol. The van der Waals surface area contributed by atoms with Gasteiger partial charge in [0.1, 0.15) is 23.9 Å². The molecule has 3 aromatic rings. The smallest absolute Gasteiger partial charge is 0.387 e. The Morgan fingerprint density at radius 2 is 1.90 bits per heavy atom. The lowest BCUT2D eigenvalue weighted by molar-refractivity contribution is -0.0497. The van der Waals surface area contributed by atoms with E-state index in [1.54, 1.807) is 6.07 Å². The third-order valence-corrected chi connectivity index (χ3v) is 4.45. The number of furan rings is 1. The van der Waals surface area contributed by atoms with E-state index in [0.717, 1.165) is 5.56 Å². The normalized spacial score (nSPS) is 10.8. The van der Waals surface area contributed by atoms with E-state index in [4.69, 9.17) is 20.8 Å². The Bertz CT molecular complexity index is 1020. The molecule has 0 fully saturated rings. The fourth-order valence-electron chi connectivity index (χ4n) is 2.50. The lowest BCUT2D eigenvalue weighted by Crippen LogP contribution is -2.11. The molecule has 2 aromatic carbocycles. The summed E-state index contributed by atoms with van der Waals surface area (Å²) in [6.07, 6.45) is 0. The molecule has 5 nitrogen and oxygen atoms in total. The van der Waals surface area contributed by atoms with Crippen LogP contribution in [0.4, 0.5) is 14.5 Å². The number of amides is 1. The van der Waals surface area contributed by atoms with Crippen LogP contribution < -0.4 is 14.8 Å². The Morgan fingerprint density at radius 3 is 2.59 bits per heavy atom.